The number of hydrogen-bond acceptors (Lipinski definition) is 6. The maximum Gasteiger partial charge on any atom is 0.328 e. The van der Waals surface area contributed by atoms with Crippen LogP contribution in [0.5, 0.6) is 0 Å². The second-order valence-electron chi connectivity index (χ2n) is 4.60. The predicted octanol–water partition coefficient (Wildman–Crippen LogP) is 1.29. The van der Waals surface area contributed by atoms with Crippen LogP contribution in [0.25, 0.3) is 0 Å². The molecule has 0 radical (unpaired) electrons. The number of hydrogen-bond donors (Lipinski definition) is 2. The Balaban J connectivity index is 3.03. The van der Waals surface area contributed by atoms with E-state index in [1.165, 1.54) is 12.3 Å². The summed E-state index contributed by atoms with van der Waals surface area (Å²) in [6.07, 6.45) is 1.33. The highest BCUT2D eigenvalue weighted by Crippen LogP contribution is 2.26. The molecule has 0 bridgehead atoms. The number of rotatable bonds is 5. The molecule has 0 fully saturated rings. The van der Waals surface area contributed by atoms with E-state index in [4.69, 9.17) is 10.4 Å². The number of nitriles is 1. The summed E-state index contributed by atoms with van der Waals surface area (Å²) in [4.78, 5) is 14.1. The number of aliphatic hydroxyl groups is 1. The Bertz CT molecular complexity index is 494. The Labute approximate surface area is 104 Å². The Kier molecular flexibility index (Phi) is 4.18. The SMILES string of the molecule is CC(C)(CO)CNc1nccc(C#N)c1[N+](=O)[O-]. The third-order valence-electron chi connectivity index (χ3n) is 2.39. The lowest BCUT2D eigenvalue weighted by atomic mass is 9.95. The summed E-state index contributed by atoms with van der Waals surface area (Å²) >= 11 is 0. The highest BCUT2D eigenvalue weighted by atomic mass is 16.6. The van der Waals surface area contributed by atoms with Crippen LogP contribution in [0.3, 0.4) is 0 Å². The molecular formula is C11H14N4O3. The Morgan fingerprint density at radius 1 is 1.67 bits per heavy atom. The molecule has 0 amide bonds. The Morgan fingerprint density at radius 3 is 2.83 bits per heavy atom. The van der Waals surface area contributed by atoms with E-state index < -0.39 is 10.3 Å². The molecule has 2 N–H and O–H groups in total. The van der Waals surface area contributed by atoms with E-state index in [0.717, 1.165) is 0 Å². The zero-order valence-corrected chi connectivity index (χ0v) is 10.2. The first-order valence-electron chi connectivity index (χ1n) is 5.29. The molecule has 0 aliphatic rings. The summed E-state index contributed by atoms with van der Waals surface area (Å²) in [5.74, 6) is 0.0422. The lowest BCUT2D eigenvalue weighted by molar-refractivity contribution is -0.384. The maximum atomic E-state index is 10.9. The molecule has 0 aliphatic heterocycles. The zero-order valence-electron chi connectivity index (χ0n) is 10.2. The van der Waals surface area contributed by atoms with Gasteiger partial charge in [0.2, 0.25) is 5.82 Å². The number of pyridine rings is 1. The summed E-state index contributed by atoms with van der Waals surface area (Å²) in [7, 11) is 0. The van der Waals surface area contributed by atoms with Gasteiger partial charge in [-0.3, -0.25) is 10.1 Å². The van der Waals surface area contributed by atoms with Crippen molar-refractivity contribution in [3.05, 3.63) is 27.9 Å². The molecule has 0 spiro atoms. The van der Waals surface area contributed by atoms with Gasteiger partial charge in [-0.05, 0) is 6.07 Å². The van der Waals surface area contributed by atoms with E-state index in [1.807, 2.05) is 0 Å². The fourth-order valence-electron chi connectivity index (χ4n) is 1.24. The van der Waals surface area contributed by atoms with Gasteiger partial charge in [0.15, 0.2) is 0 Å². The van der Waals surface area contributed by atoms with Gasteiger partial charge >= 0.3 is 5.69 Å². The summed E-state index contributed by atoms with van der Waals surface area (Å²) in [5.41, 5.74) is -0.814. The number of aromatic nitrogens is 1. The van der Waals surface area contributed by atoms with E-state index in [9.17, 15) is 10.1 Å². The van der Waals surface area contributed by atoms with Crippen molar-refractivity contribution in [2.75, 3.05) is 18.5 Å². The van der Waals surface area contributed by atoms with Crippen LogP contribution in [0.1, 0.15) is 19.4 Å². The van der Waals surface area contributed by atoms with E-state index in [0.29, 0.717) is 6.54 Å². The number of aliphatic hydroxyl groups excluding tert-OH is 1. The molecule has 1 rings (SSSR count). The number of anilines is 1. The smallest absolute Gasteiger partial charge is 0.328 e. The van der Waals surface area contributed by atoms with Gasteiger partial charge in [0.05, 0.1) is 4.92 Å². The van der Waals surface area contributed by atoms with Gasteiger partial charge in [-0.15, -0.1) is 0 Å². The largest absolute Gasteiger partial charge is 0.396 e. The normalized spacial score (nSPS) is 10.8. The number of nitro groups is 1. The standard InChI is InChI=1S/C11H14N4O3/c1-11(2,7-16)6-14-10-9(15(17)18)8(5-12)3-4-13-10/h3-4,16H,6-7H2,1-2H3,(H,13,14). The van der Waals surface area contributed by atoms with Crippen molar-refractivity contribution in [3.63, 3.8) is 0 Å². The number of nitrogens with one attached hydrogen (secondary N) is 1. The fraction of sp³-hybridized carbons (Fsp3) is 0.455. The number of nitrogens with zero attached hydrogens (tertiary/aromatic N) is 3. The van der Waals surface area contributed by atoms with Crippen molar-refractivity contribution in [3.8, 4) is 6.07 Å². The molecule has 0 aromatic carbocycles. The van der Waals surface area contributed by atoms with Crippen LogP contribution in [-0.4, -0.2) is 28.2 Å². The monoisotopic (exact) mass is 250 g/mol. The summed E-state index contributed by atoms with van der Waals surface area (Å²) in [6.45, 7) is 3.86. The molecule has 0 unspecified atom stereocenters. The second kappa shape index (κ2) is 5.42. The molecule has 1 aromatic heterocycles. The van der Waals surface area contributed by atoms with E-state index in [2.05, 4.69) is 10.3 Å². The molecule has 1 heterocycles. The average molecular weight is 250 g/mol. The Morgan fingerprint density at radius 2 is 2.33 bits per heavy atom. The third kappa shape index (κ3) is 3.15. The first-order valence-corrected chi connectivity index (χ1v) is 5.29. The molecule has 7 heteroatoms. The van der Waals surface area contributed by atoms with Gasteiger partial charge in [0.25, 0.3) is 0 Å². The Hall–Kier alpha value is -2.20. The van der Waals surface area contributed by atoms with Crippen LogP contribution in [0, 0.1) is 26.9 Å². The minimum absolute atomic E-state index is 0.0422. The average Bonchev–Trinajstić information content (AvgIpc) is 2.35. The molecule has 0 saturated carbocycles. The van der Waals surface area contributed by atoms with Gasteiger partial charge in [-0.2, -0.15) is 5.26 Å². The van der Waals surface area contributed by atoms with Crippen molar-refractivity contribution in [1.82, 2.24) is 4.98 Å². The molecule has 0 aliphatic carbocycles. The predicted molar refractivity (Wildman–Crippen MR) is 65.0 cm³/mol. The summed E-state index contributed by atoms with van der Waals surface area (Å²) in [5, 5.41) is 31.6. The minimum atomic E-state index is -0.639. The van der Waals surface area contributed by atoms with Crippen LogP contribution in [0.4, 0.5) is 11.5 Å². The van der Waals surface area contributed by atoms with Crippen molar-refractivity contribution < 1.29 is 10.0 Å². The lowest BCUT2D eigenvalue weighted by Crippen LogP contribution is -2.27. The summed E-state index contributed by atoms with van der Waals surface area (Å²) in [6, 6.07) is 3.05. The third-order valence-corrected chi connectivity index (χ3v) is 2.39. The van der Waals surface area contributed by atoms with Crippen molar-refractivity contribution in [1.29, 1.82) is 5.26 Å². The van der Waals surface area contributed by atoms with Crippen LogP contribution in [-0.2, 0) is 0 Å². The van der Waals surface area contributed by atoms with E-state index in [1.54, 1.807) is 19.9 Å². The molecule has 7 nitrogen and oxygen atoms in total. The summed E-state index contributed by atoms with van der Waals surface area (Å²) < 4.78 is 0. The van der Waals surface area contributed by atoms with Crippen LogP contribution >= 0.6 is 0 Å². The molecular weight excluding hydrogens is 236 g/mol. The quantitative estimate of drug-likeness (QED) is 0.601. The van der Waals surface area contributed by atoms with Crippen LogP contribution < -0.4 is 5.32 Å². The molecule has 0 saturated heterocycles. The van der Waals surface area contributed by atoms with Crippen molar-refractivity contribution >= 4 is 11.5 Å². The first-order chi connectivity index (χ1) is 8.41. The van der Waals surface area contributed by atoms with Crippen LogP contribution in [0.15, 0.2) is 12.3 Å². The highest BCUT2D eigenvalue weighted by Gasteiger charge is 2.23. The molecule has 96 valence electrons. The van der Waals surface area contributed by atoms with Gasteiger partial charge in [0, 0.05) is 24.8 Å². The van der Waals surface area contributed by atoms with Gasteiger partial charge in [-0.1, -0.05) is 13.8 Å². The second-order valence-corrected chi connectivity index (χ2v) is 4.60. The van der Waals surface area contributed by atoms with Crippen molar-refractivity contribution in [2.24, 2.45) is 5.41 Å². The lowest BCUT2D eigenvalue weighted by Gasteiger charge is -2.22. The maximum absolute atomic E-state index is 10.9. The molecule has 18 heavy (non-hydrogen) atoms. The topological polar surface area (TPSA) is 112 Å². The molecule has 1 aromatic rings. The van der Waals surface area contributed by atoms with Gasteiger partial charge in [0.1, 0.15) is 11.6 Å². The van der Waals surface area contributed by atoms with Crippen LogP contribution in [0.2, 0.25) is 0 Å². The van der Waals surface area contributed by atoms with Gasteiger partial charge in [-0.25, -0.2) is 4.98 Å². The van der Waals surface area contributed by atoms with Crippen molar-refractivity contribution in [2.45, 2.75) is 13.8 Å². The fourth-order valence-corrected chi connectivity index (χ4v) is 1.24. The zero-order chi connectivity index (χ0) is 13.8. The van der Waals surface area contributed by atoms with E-state index >= 15 is 0 Å². The molecule has 0 atom stereocenters. The first kappa shape index (κ1) is 13.9. The minimum Gasteiger partial charge on any atom is -0.396 e. The highest BCUT2D eigenvalue weighted by molar-refractivity contribution is 5.64. The van der Waals surface area contributed by atoms with E-state index in [-0.39, 0.29) is 23.7 Å². The van der Waals surface area contributed by atoms with Gasteiger partial charge < -0.3 is 10.4 Å².